The van der Waals surface area contributed by atoms with Crippen LogP contribution in [0.1, 0.15) is 40.7 Å². The first-order valence-corrected chi connectivity index (χ1v) is 9.37. The van der Waals surface area contributed by atoms with Crippen LogP contribution in [0.4, 0.5) is 5.69 Å². The highest BCUT2D eigenvalue weighted by atomic mass is 16.2. The molecule has 140 valence electrons. The Labute approximate surface area is 160 Å². The first kappa shape index (κ1) is 18.9. The lowest BCUT2D eigenvalue weighted by Gasteiger charge is -2.15. The Balaban J connectivity index is 1.56. The van der Waals surface area contributed by atoms with Crippen molar-refractivity contribution < 1.29 is 9.59 Å². The van der Waals surface area contributed by atoms with E-state index in [4.69, 9.17) is 0 Å². The predicted molar refractivity (Wildman–Crippen MR) is 110 cm³/mol. The molecule has 1 aliphatic rings. The SMILES string of the molecule is Cc1cc(C)c(C=CC(=O)NCc2ccc(N3CCCC3=O)cc2)cc1C. The van der Waals surface area contributed by atoms with E-state index in [1.54, 1.807) is 6.08 Å². The highest BCUT2D eigenvalue weighted by Crippen LogP contribution is 2.21. The monoisotopic (exact) mass is 362 g/mol. The van der Waals surface area contributed by atoms with E-state index in [0.29, 0.717) is 13.0 Å². The van der Waals surface area contributed by atoms with Crippen LogP contribution in [0, 0.1) is 20.8 Å². The standard InChI is InChI=1S/C23H26N2O2/c1-16-13-18(3)20(14-17(16)2)8-11-22(26)24-15-19-6-9-21(10-7-19)25-12-4-5-23(25)27/h6-11,13-14H,4-5,12,15H2,1-3H3,(H,24,26). The Bertz CT molecular complexity index is 882. The summed E-state index contributed by atoms with van der Waals surface area (Å²) in [5.74, 6) is 0.0641. The highest BCUT2D eigenvalue weighted by molar-refractivity contribution is 5.95. The summed E-state index contributed by atoms with van der Waals surface area (Å²) in [6.45, 7) is 7.47. The van der Waals surface area contributed by atoms with E-state index in [1.807, 2.05) is 35.2 Å². The zero-order valence-corrected chi connectivity index (χ0v) is 16.2. The lowest BCUT2D eigenvalue weighted by atomic mass is 10.0. The fourth-order valence-corrected chi connectivity index (χ4v) is 3.29. The molecular formula is C23H26N2O2. The Morgan fingerprint density at radius 3 is 2.44 bits per heavy atom. The van der Waals surface area contributed by atoms with E-state index in [9.17, 15) is 9.59 Å². The molecule has 0 radical (unpaired) electrons. The maximum Gasteiger partial charge on any atom is 0.244 e. The molecule has 2 amide bonds. The first-order valence-electron chi connectivity index (χ1n) is 9.37. The van der Waals surface area contributed by atoms with Crippen LogP contribution in [0.5, 0.6) is 0 Å². The second kappa shape index (κ2) is 8.21. The summed E-state index contributed by atoms with van der Waals surface area (Å²) in [5, 5.41) is 2.91. The van der Waals surface area contributed by atoms with Gasteiger partial charge in [-0.2, -0.15) is 0 Å². The number of rotatable bonds is 5. The number of carbonyl (C=O) groups excluding carboxylic acids is 2. The Hall–Kier alpha value is -2.88. The van der Waals surface area contributed by atoms with Gasteiger partial charge in [-0.15, -0.1) is 0 Å². The van der Waals surface area contributed by atoms with Crippen LogP contribution < -0.4 is 10.2 Å². The number of hydrogen-bond donors (Lipinski definition) is 1. The number of carbonyl (C=O) groups is 2. The van der Waals surface area contributed by atoms with Crippen molar-refractivity contribution in [1.29, 1.82) is 0 Å². The maximum absolute atomic E-state index is 12.1. The minimum atomic E-state index is -0.119. The molecular weight excluding hydrogens is 336 g/mol. The summed E-state index contributed by atoms with van der Waals surface area (Å²) in [7, 11) is 0. The lowest BCUT2D eigenvalue weighted by Crippen LogP contribution is -2.23. The van der Waals surface area contributed by atoms with Gasteiger partial charge in [0.15, 0.2) is 0 Å². The van der Waals surface area contributed by atoms with Crippen molar-refractivity contribution in [3.63, 3.8) is 0 Å². The molecule has 2 aromatic rings. The van der Waals surface area contributed by atoms with Crippen LogP contribution in [-0.2, 0) is 16.1 Å². The molecule has 4 heteroatoms. The third kappa shape index (κ3) is 4.64. The second-order valence-corrected chi connectivity index (χ2v) is 7.16. The molecule has 1 saturated heterocycles. The average Bonchev–Trinajstić information content (AvgIpc) is 3.08. The van der Waals surface area contributed by atoms with Gasteiger partial charge >= 0.3 is 0 Å². The van der Waals surface area contributed by atoms with Crippen molar-refractivity contribution in [3.05, 3.63) is 70.3 Å². The Morgan fingerprint density at radius 2 is 1.78 bits per heavy atom. The molecule has 1 heterocycles. The normalized spacial score (nSPS) is 14.2. The third-order valence-electron chi connectivity index (χ3n) is 5.08. The van der Waals surface area contributed by atoms with E-state index < -0.39 is 0 Å². The summed E-state index contributed by atoms with van der Waals surface area (Å²) >= 11 is 0. The second-order valence-electron chi connectivity index (χ2n) is 7.16. The zero-order chi connectivity index (χ0) is 19.4. The maximum atomic E-state index is 12.1. The Morgan fingerprint density at radius 1 is 1.07 bits per heavy atom. The van der Waals surface area contributed by atoms with Crippen molar-refractivity contribution in [2.75, 3.05) is 11.4 Å². The molecule has 0 aliphatic carbocycles. The molecule has 4 nitrogen and oxygen atoms in total. The van der Waals surface area contributed by atoms with Crippen LogP contribution in [0.25, 0.3) is 6.08 Å². The number of anilines is 1. The zero-order valence-electron chi connectivity index (χ0n) is 16.2. The van der Waals surface area contributed by atoms with Gasteiger partial charge in [0.1, 0.15) is 0 Å². The molecule has 0 atom stereocenters. The number of benzene rings is 2. The minimum absolute atomic E-state index is 0.119. The van der Waals surface area contributed by atoms with Crippen LogP contribution in [0.15, 0.2) is 42.5 Å². The molecule has 0 spiro atoms. The van der Waals surface area contributed by atoms with E-state index in [1.165, 1.54) is 11.1 Å². The molecule has 1 aliphatic heterocycles. The van der Waals surface area contributed by atoms with Gasteiger partial charge in [0, 0.05) is 31.3 Å². The first-order chi connectivity index (χ1) is 12.9. The molecule has 27 heavy (non-hydrogen) atoms. The van der Waals surface area contributed by atoms with Gasteiger partial charge < -0.3 is 10.2 Å². The van der Waals surface area contributed by atoms with Crippen molar-refractivity contribution in [2.45, 2.75) is 40.2 Å². The van der Waals surface area contributed by atoms with Crippen molar-refractivity contribution in [2.24, 2.45) is 0 Å². The largest absolute Gasteiger partial charge is 0.348 e. The van der Waals surface area contributed by atoms with Crippen LogP contribution in [0.3, 0.4) is 0 Å². The molecule has 0 saturated carbocycles. The van der Waals surface area contributed by atoms with Gasteiger partial charge in [-0.3, -0.25) is 9.59 Å². The van der Waals surface area contributed by atoms with Crippen molar-refractivity contribution >= 4 is 23.6 Å². The quantitative estimate of drug-likeness (QED) is 0.815. The molecule has 1 N–H and O–H groups in total. The molecule has 0 aromatic heterocycles. The molecule has 0 bridgehead atoms. The average molecular weight is 362 g/mol. The van der Waals surface area contributed by atoms with Gasteiger partial charge in [0.05, 0.1) is 0 Å². The Kier molecular flexibility index (Phi) is 5.75. The van der Waals surface area contributed by atoms with Gasteiger partial charge in [-0.05, 0) is 73.2 Å². The molecule has 3 rings (SSSR count). The number of aryl methyl sites for hydroxylation is 3. The molecule has 1 fully saturated rings. The summed E-state index contributed by atoms with van der Waals surface area (Å²) in [6, 6.07) is 12.0. The van der Waals surface area contributed by atoms with Crippen molar-refractivity contribution in [3.8, 4) is 0 Å². The van der Waals surface area contributed by atoms with Gasteiger partial charge in [0.2, 0.25) is 11.8 Å². The van der Waals surface area contributed by atoms with Crippen LogP contribution >= 0.6 is 0 Å². The van der Waals surface area contributed by atoms with E-state index in [0.717, 1.165) is 35.3 Å². The van der Waals surface area contributed by atoms with Crippen molar-refractivity contribution in [1.82, 2.24) is 5.32 Å². The highest BCUT2D eigenvalue weighted by Gasteiger charge is 2.21. The number of hydrogen-bond acceptors (Lipinski definition) is 2. The summed E-state index contributed by atoms with van der Waals surface area (Å²) in [4.78, 5) is 25.7. The number of amides is 2. The number of nitrogens with zero attached hydrogens (tertiary/aromatic N) is 1. The van der Waals surface area contributed by atoms with Crippen LogP contribution in [-0.4, -0.2) is 18.4 Å². The number of nitrogens with one attached hydrogen (secondary N) is 1. The lowest BCUT2D eigenvalue weighted by molar-refractivity contribution is -0.117. The fourth-order valence-electron chi connectivity index (χ4n) is 3.29. The minimum Gasteiger partial charge on any atom is -0.348 e. The molecule has 2 aromatic carbocycles. The van der Waals surface area contributed by atoms with E-state index >= 15 is 0 Å². The summed E-state index contributed by atoms with van der Waals surface area (Å²) in [6.07, 6.45) is 4.99. The smallest absolute Gasteiger partial charge is 0.244 e. The topological polar surface area (TPSA) is 49.4 Å². The van der Waals surface area contributed by atoms with Gasteiger partial charge in [-0.1, -0.05) is 24.3 Å². The van der Waals surface area contributed by atoms with Gasteiger partial charge in [-0.25, -0.2) is 0 Å². The fraction of sp³-hybridized carbons (Fsp3) is 0.304. The third-order valence-corrected chi connectivity index (χ3v) is 5.08. The van der Waals surface area contributed by atoms with E-state index in [2.05, 4.69) is 38.2 Å². The summed E-state index contributed by atoms with van der Waals surface area (Å²) < 4.78 is 0. The van der Waals surface area contributed by atoms with Crippen LogP contribution in [0.2, 0.25) is 0 Å². The predicted octanol–water partition coefficient (Wildman–Crippen LogP) is 4.07. The van der Waals surface area contributed by atoms with Gasteiger partial charge in [0.25, 0.3) is 0 Å². The van der Waals surface area contributed by atoms with E-state index in [-0.39, 0.29) is 11.8 Å². The summed E-state index contributed by atoms with van der Waals surface area (Å²) in [5.41, 5.74) is 6.64. The molecule has 0 unspecified atom stereocenters.